The van der Waals surface area contributed by atoms with E-state index in [0.717, 1.165) is 44.6 Å². The number of oxazole rings is 1. The number of hydrogen-bond donors (Lipinski definition) is 1. The fourth-order valence-electron chi connectivity index (χ4n) is 5.21. The van der Waals surface area contributed by atoms with E-state index in [2.05, 4.69) is 89.0 Å². The molecule has 210 valence electrons. The number of benzene rings is 4. The number of aromatic hydroxyl groups is 1. The number of phenols is 1. The summed E-state index contributed by atoms with van der Waals surface area (Å²) >= 11 is 0. The molecule has 0 radical (unpaired) electrons. The van der Waals surface area contributed by atoms with Gasteiger partial charge >= 0.3 is 0 Å². The zero-order valence-corrected chi connectivity index (χ0v) is 25.1. The lowest BCUT2D eigenvalue weighted by molar-refractivity contribution is 0.474. The van der Waals surface area contributed by atoms with Crippen LogP contribution in [0, 0.1) is 0 Å². The topological polar surface area (TPSA) is 59.2 Å². The smallest absolute Gasteiger partial charge is 0.231 e. The van der Waals surface area contributed by atoms with Gasteiger partial charge in [0.1, 0.15) is 11.3 Å². The van der Waals surface area contributed by atoms with Gasteiger partial charge in [0, 0.05) is 17.3 Å². The first-order chi connectivity index (χ1) is 20.0. The molecule has 0 aliphatic heterocycles. The molecule has 0 unspecified atom stereocenters. The fourth-order valence-corrected chi connectivity index (χ4v) is 5.21. The zero-order chi connectivity index (χ0) is 29.6. The van der Waals surface area contributed by atoms with Crippen molar-refractivity contribution in [1.82, 2.24) is 9.97 Å². The van der Waals surface area contributed by atoms with E-state index in [-0.39, 0.29) is 16.6 Å². The van der Waals surface area contributed by atoms with Gasteiger partial charge in [0.2, 0.25) is 5.89 Å². The van der Waals surface area contributed by atoms with Crippen molar-refractivity contribution in [3.8, 4) is 50.7 Å². The van der Waals surface area contributed by atoms with Gasteiger partial charge in [-0.1, -0.05) is 90.1 Å². The maximum atomic E-state index is 10.9. The normalized spacial score (nSPS) is 12.1. The molecule has 1 N–H and O–H groups in total. The molecule has 0 fully saturated rings. The van der Waals surface area contributed by atoms with Gasteiger partial charge in [0.15, 0.2) is 5.58 Å². The highest BCUT2D eigenvalue weighted by Gasteiger charge is 2.24. The Morgan fingerprint density at radius 1 is 0.595 bits per heavy atom. The summed E-state index contributed by atoms with van der Waals surface area (Å²) in [7, 11) is 0. The van der Waals surface area contributed by atoms with Gasteiger partial charge in [-0.25, -0.2) is 4.98 Å². The molecule has 4 nitrogen and oxygen atoms in total. The molecule has 2 heterocycles. The minimum absolute atomic E-state index is 0.0705. The van der Waals surface area contributed by atoms with Crippen LogP contribution in [0.25, 0.3) is 56.1 Å². The molecule has 4 aromatic carbocycles. The SMILES string of the molecule is CC(C)(C)c1cc(-c2ccccn2)cc(-c2cc(C(C)(C)C)cc3oc(-c4cc(-c5ccccc5)ccc4O)nc23)c1. The molecule has 0 aliphatic carbocycles. The lowest BCUT2D eigenvalue weighted by atomic mass is 9.82. The molecular formula is C38H36N2O2. The standard InChI is InChI=1S/C38H36N2O2/c1-37(2,3)28-19-26(18-27(20-28)32-14-10-11-17-39-32)30-22-29(38(4,5)6)23-34-35(30)40-36(42-34)31-21-25(15-16-33(31)41)24-12-8-7-9-13-24/h7-23,41H,1-6H3. The van der Waals surface area contributed by atoms with Crippen LogP contribution in [0.3, 0.4) is 0 Å². The fraction of sp³-hybridized carbons (Fsp3) is 0.211. The number of nitrogens with zero attached hydrogens (tertiary/aromatic N) is 2. The van der Waals surface area contributed by atoms with Crippen molar-refractivity contribution in [2.24, 2.45) is 0 Å². The third-order valence-corrected chi connectivity index (χ3v) is 7.77. The molecule has 0 bridgehead atoms. The minimum Gasteiger partial charge on any atom is -0.507 e. The minimum atomic E-state index is -0.114. The van der Waals surface area contributed by atoms with E-state index < -0.39 is 0 Å². The summed E-state index contributed by atoms with van der Waals surface area (Å²) in [6.45, 7) is 13.3. The van der Waals surface area contributed by atoms with E-state index in [0.29, 0.717) is 17.0 Å². The largest absolute Gasteiger partial charge is 0.507 e. The molecular weight excluding hydrogens is 516 g/mol. The maximum absolute atomic E-state index is 10.9. The molecule has 6 rings (SSSR count). The van der Waals surface area contributed by atoms with E-state index in [1.54, 1.807) is 6.07 Å². The van der Waals surface area contributed by atoms with Crippen molar-refractivity contribution in [3.05, 3.63) is 114 Å². The number of aromatic nitrogens is 2. The molecule has 42 heavy (non-hydrogen) atoms. The summed E-state index contributed by atoms with van der Waals surface area (Å²) < 4.78 is 6.45. The lowest BCUT2D eigenvalue weighted by Gasteiger charge is -2.23. The summed E-state index contributed by atoms with van der Waals surface area (Å²) in [5, 5.41) is 10.9. The van der Waals surface area contributed by atoms with Crippen molar-refractivity contribution in [1.29, 1.82) is 0 Å². The predicted molar refractivity (Wildman–Crippen MR) is 173 cm³/mol. The van der Waals surface area contributed by atoms with Gasteiger partial charge in [0.05, 0.1) is 11.3 Å². The Kier molecular flexibility index (Phi) is 6.73. The van der Waals surface area contributed by atoms with E-state index in [4.69, 9.17) is 9.40 Å². The first-order valence-electron chi connectivity index (χ1n) is 14.4. The van der Waals surface area contributed by atoms with Crippen LogP contribution in [0.2, 0.25) is 0 Å². The molecule has 0 saturated carbocycles. The Morgan fingerprint density at radius 3 is 1.98 bits per heavy atom. The van der Waals surface area contributed by atoms with Gasteiger partial charge < -0.3 is 9.52 Å². The number of rotatable bonds is 4. The molecule has 4 heteroatoms. The summed E-state index contributed by atoms with van der Waals surface area (Å²) in [4.78, 5) is 9.68. The Bertz CT molecular complexity index is 1890. The highest BCUT2D eigenvalue weighted by atomic mass is 16.3. The highest BCUT2D eigenvalue weighted by molar-refractivity contribution is 5.94. The Hall–Kier alpha value is -4.70. The Morgan fingerprint density at radius 2 is 1.29 bits per heavy atom. The molecule has 0 aliphatic rings. The first-order valence-corrected chi connectivity index (χ1v) is 14.4. The summed E-state index contributed by atoms with van der Waals surface area (Å²) in [6, 6.07) is 32.7. The Labute approximate surface area is 247 Å². The lowest BCUT2D eigenvalue weighted by Crippen LogP contribution is -2.12. The third kappa shape index (κ3) is 5.33. The van der Waals surface area contributed by atoms with E-state index in [9.17, 15) is 5.11 Å². The van der Waals surface area contributed by atoms with Gasteiger partial charge in [0.25, 0.3) is 0 Å². The van der Waals surface area contributed by atoms with Crippen LogP contribution in [0.5, 0.6) is 5.75 Å². The molecule has 0 saturated heterocycles. The maximum Gasteiger partial charge on any atom is 0.231 e. The molecule has 0 amide bonds. The van der Waals surface area contributed by atoms with Crippen LogP contribution >= 0.6 is 0 Å². The number of hydrogen-bond acceptors (Lipinski definition) is 4. The zero-order valence-electron chi connectivity index (χ0n) is 25.1. The van der Waals surface area contributed by atoms with E-state index in [1.165, 1.54) is 5.56 Å². The second-order valence-electron chi connectivity index (χ2n) is 13.0. The van der Waals surface area contributed by atoms with Crippen LogP contribution in [-0.4, -0.2) is 15.1 Å². The average molecular weight is 553 g/mol. The van der Waals surface area contributed by atoms with Crippen molar-refractivity contribution in [3.63, 3.8) is 0 Å². The van der Waals surface area contributed by atoms with Crippen LogP contribution in [0.1, 0.15) is 52.7 Å². The van der Waals surface area contributed by atoms with Gasteiger partial charge in [-0.05, 0) is 87.2 Å². The van der Waals surface area contributed by atoms with Crippen molar-refractivity contribution in [2.45, 2.75) is 52.4 Å². The molecule has 0 atom stereocenters. The first kappa shape index (κ1) is 27.5. The van der Waals surface area contributed by atoms with E-state index in [1.807, 2.05) is 54.7 Å². The van der Waals surface area contributed by atoms with Crippen LogP contribution < -0.4 is 0 Å². The average Bonchev–Trinajstić information content (AvgIpc) is 3.41. The third-order valence-electron chi connectivity index (χ3n) is 7.77. The van der Waals surface area contributed by atoms with Crippen LogP contribution in [-0.2, 0) is 10.8 Å². The predicted octanol–water partition coefficient (Wildman–Crippen LogP) is 10.2. The van der Waals surface area contributed by atoms with Gasteiger partial charge in [-0.3, -0.25) is 4.98 Å². The quantitative estimate of drug-likeness (QED) is 0.236. The monoisotopic (exact) mass is 552 g/mol. The molecule has 6 aromatic rings. The molecule has 2 aromatic heterocycles. The number of fused-ring (bicyclic) bond motifs is 1. The summed E-state index contributed by atoms with van der Waals surface area (Å²) in [6.07, 6.45) is 1.83. The van der Waals surface area contributed by atoms with Gasteiger partial charge in [-0.15, -0.1) is 0 Å². The second kappa shape index (κ2) is 10.3. The van der Waals surface area contributed by atoms with E-state index >= 15 is 0 Å². The Balaban J connectivity index is 1.59. The second-order valence-corrected chi connectivity index (χ2v) is 13.0. The van der Waals surface area contributed by atoms with Crippen LogP contribution in [0.4, 0.5) is 0 Å². The highest BCUT2D eigenvalue weighted by Crippen LogP contribution is 2.41. The van der Waals surface area contributed by atoms with Gasteiger partial charge in [-0.2, -0.15) is 0 Å². The van der Waals surface area contributed by atoms with Crippen molar-refractivity contribution >= 4 is 11.1 Å². The number of phenolic OH excluding ortho intramolecular Hbond substituents is 1. The van der Waals surface area contributed by atoms with Crippen LogP contribution in [0.15, 0.2) is 108 Å². The van der Waals surface area contributed by atoms with Crippen molar-refractivity contribution < 1.29 is 9.52 Å². The molecule has 0 spiro atoms. The summed E-state index contributed by atoms with van der Waals surface area (Å²) in [5.74, 6) is 0.524. The number of pyridine rings is 1. The van der Waals surface area contributed by atoms with Crippen molar-refractivity contribution in [2.75, 3.05) is 0 Å². The summed E-state index contributed by atoms with van der Waals surface area (Å²) in [5.41, 5.74) is 10.3.